The molecule has 2 aromatic rings. The minimum atomic E-state index is -4.44. The van der Waals surface area contributed by atoms with Crippen LogP contribution in [0.4, 0.5) is 23.2 Å². The van der Waals surface area contributed by atoms with Gasteiger partial charge in [0.05, 0.1) is 5.56 Å². The third kappa shape index (κ3) is 4.11. The van der Waals surface area contributed by atoms with Crippen molar-refractivity contribution in [2.45, 2.75) is 12.7 Å². The normalized spacial score (nSPS) is 11.5. The van der Waals surface area contributed by atoms with E-state index in [1.165, 1.54) is 24.3 Å². The molecule has 0 aromatic heterocycles. The SMILES string of the molecule is Fc1ccc(CNc2ccc(Br)c(C(F)(F)F)c2)c(Cl)c1. The molecule has 0 aliphatic rings. The highest BCUT2D eigenvalue weighted by Gasteiger charge is 2.33. The topological polar surface area (TPSA) is 12.0 Å². The summed E-state index contributed by atoms with van der Waals surface area (Å²) in [5, 5.41) is 3.05. The summed E-state index contributed by atoms with van der Waals surface area (Å²) in [6, 6.07) is 7.71. The van der Waals surface area contributed by atoms with E-state index in [1.54, 1.807) is 0 Å². The van der Waals surface area contributed by atoms with Crippen LogP contribution in [0.15, 0.2) is 40.9 Å². The Morgan fingerprint density at radius 1 is 1.10 bits per heavy atom. The molecule has 0 spiro atoms. The van der Waals surface area contributed by atoms with Gasteiger partial charge in [0.15, 0.2) is 0 Å². The quantitative estimate of drug-likeness (QED) is 0.654. The molecule has 0 aliphatic heterocycles. The van der Waals surface area contributed by atoms with Gasteiger partial charge in [0, 0.05) is 21.7 Å². The van der Waals surface area contributed by atoms with Gasteiger partial charge in [-0.15, -0.1) is 0 Å². The van der Waals surface area contributed by atoms with Crippen LogP contribution in [0.25, 0.3) is 0 Å². The van der Waals surface area contributed by atoms with Crippen LogP contribution < -0.4 is 5.32 Å². The second-order valence-corrected chi connectivity index (χ2v) is 5.54. The van der Waals surface area contributed by atoms with E-state index >= 15 is 0 Å². The lowest BCUT2D eigenvalue weighted by Crippen LogP contribution is -2.08. The van der Waals surface area contributed by atoms with Crippen molar-refractivity contribution in [2.24, 2.45) is 0 Å². The molecule has 0 fully saturated rings. The molecule has 0 radical (unpaired) electrons. The molecule has 112 valence electrons. The van der Waals surface area contributed by atoms with Gasteiger partial charge in [0.1, 0.15) is 5.82 Å². The highest BCUT2D eigenvalue weighted by atomic mass is 79.9. The minimum absolute atomic E-state index is 0.0274. The van der Waals surface area contributed by atoms with Crippen molar-refractivity contribution >= 4 is 33.2 Å². The van der Waals surface area contributed by atoms with Crippen molar-refractivity contribution < 1.29 is 17.6 Å². The number of halogens is 6. The van der Waals surface area contributed by atoms with E-state index < -0.39 is 17.6 Å². The van der Waals surface area contributed by atoms with Crippen molar-refractivity contribution in [1.82, 2.24) is 0 Å². The Hall–Kier alpha value is -1.27. The molecular formula is C14H9BrClF4N. The second kappa shape index (κ2) is 6.23. The van der Waals surface area contributed by atoms with Gasteiger partial charge in [-0.2, -0.15) is 13.2 Å². The minimum Gasteiger partial charge on any atom is -0.381 e. The first kappa shape index (κ1) is 16.1. The zero-order valence-corrected chi connectivity index (χ0v) is 12.8. The van der Waals surface area contributed by atoms with Crippen molar-refractivity contribution in [3.05, 3.63) is 62.8 Å². The summed E-state index contributed by atoms with van der Waals surface area (Å²) in [7, 11) is 0. The number of benzene rings is 2. The van der Waals surface area contributed by atoms with Crippen LogP contribution in [-0.4, -0.2) is 0 Å². The zero-order chi connectivity index (χ0) is 15.6. The lowest BCUT2D eigenvalue weighted by molar-refractivity contribution is -0.138. The summed E-state index contributed by atoms with van der Waals surface area (Å²) >= 11 is 8.73. The number of rotatable bonds is 3. The Bertz CT molecular complexity index is 658. The molecule has 7 heteroatoms. The van der Waals surface area contributed by atoms with E-state index in [9.17, 15) is 17.6 Å². The number of hydrogen-bond donors (Lipinski definition) is 1. The highest BCUT2D eigenvalue weighted by molar-refractivity contribution is 9.10. The molecule has 0 unspecified atom stereocenters. The summed E-state index contributed by atoms with van der Waals surface area (Å²) < 4.78 is 51.2. The third-order valence-corrected chi connectivity index (χ3v) is 3.81. The molecule has 0 atom stereocenters. The van der Waals surface area contributed by atoms with E-state index in [0.717, 1.165) is 12.1 Å². The molecule has 0 bridgehead atoms. The summed E-state index contributed by atoms with van der Waals surface area (Å²) in [5.41, 5.74) is 0.123. The predicted octanol–water partition coefficient (Wildman–Crippen LogP) is 5.87. The van der Waals surface area contributed by atoms with E-state index in [2.05, 4.69) is 21.2 Å². The molecule has 0 saturated heterocycles. The van der Waals surface area contributed by atoms with E-state index in [-0.39, 0.29) is 16.0 Å². The fourth-order valence-corrected chi connectivity index (χ4v) is 2.42. The van der Waals surface area contributed by atoms with Gasteiger partial charge in [-0.1, -0.05) is 33.6 Å². The van der Waals surface area contributed by atoms with Crippen molar-refractivity contribution in [3.63, 3.8) is 0 Å². The average Bonchev–Trinajstić information content (AvgIpc) is 2.38. The van der Waals surface area contributed by atoms with Crippen molar-refractivity contribution in [1.29, 1.82) is 0 Å². The lowest BCUT2D eigenvalue weighted by Gasteiger charge is -2.13. The molecule has 2 aromatic carbocycles. The summed E-state index contributed by atoms with van der Waals surface area (Å²) in [4.78, 5) is 0. The first-order valence-corrected chi connectivity index (χ1v) is 6.99. The Morgan fingerprint density at radius 2 is 1.81 bits per heavy atom. The maximum absolute atomic E-state index is 12.9. The van der Waals surface area contributed by atoms with Crippen molar-refractivity contribution in [3.8, 4) is 0 Å². The first-order valence-electron chi connectivity index (χ1n) is 5.82. The van der Waals surface area contributed by atoms with Gasteiger partial charge in [-0.25, -0.2) is 4.39 Å². The largest absolute Gasteiger partial charge is 0.417 e. The Balaban J connectivity index is 2.17. The van der Waals surface area contributed by atoms with Crippen LogP contribution in [0.5, 0.6) is 0 Å². The van der Waals surface area contributed by atoms with Crippen LogP contribution >= 0.6 is 27.5 Å². The third-order valence-electron chi connectivity index (χ3n) is 2.77. The summed E-state index contributed by atoms with van der Waals surface area (Å²) in [6.07, 6.45) is -4.44. The first-order chi connectivity index (χ1) is 9.77. The Labute approximate surface area is 132 Å². The van der Waals surface area contributed by atoms with Gasteiger partial charge in [0.25, 0.3) is 0 Å². The molecule has 21 heavy (non-hydrogen) atoms. The monoisotopic (exact) mass is 381 g/mol. The van der Waals surface area contributed by atoms with Crippen LogP contribution in [0, 0.1) is 5.82 Å². The van der Waals surface area contributed by atoms with Crippen LogP contribution in [0.2, 0.25) is 5.02 Å². The maximum atomic E-state index is 12.9. The van der Waals surface area contributed by atoms with E-state index in [4.69, 9.17) is 11.6 Å². The fraction of sp³-hybridized carbons (Fsp3) is 0.143. The standard InChI is InChI=1S/C14H9BrClF4N/c15-12-4-3-10(6-11(12)14(18,19)20)21-7-8-1-2-9(17)5-13(8)16/h1-6,21H,7H2. The second-order valence-electron chi connectivity index (χ2n) is 4.28. The van der Waals surface area contributed by atoms with Gasteiger partial charge < -0.3 is 5.32 Å². The zero-order valence-electron chi connectivity index (χ0n) is 10.4. The molecular weight excluding hydrogens is 374 g/mol. The van der Waals surface area contributed by atoms with E-state index in [1.807, 2.05) is 0 Å². The molecule has 0 heterocycles. The summed E-state index contributed by atoms with van der Waals surface area (Å²) in [5.74, 6) is -0.466. The van der Waals surface area contributed by atoms with Crippen LogP contribution in [0.1, 0.15) is 11.1 Å². The lowest BCUT2D eigenvalue weighted by atomic mass is 10.1. The van der Waals surface area contributed by atoms with Gasteiger partial charge in [-0.3, -0.25) is 0 Å². The fourth-order valence-electron chi connectivity index (χ4n) is 1.71. The van der Waals surface area contributed by atoms with E-state index in [0.29, 0.717) is 11.3 Å². The van der Waals surface area contributed by atoms with Gasteiger partial charge in [0.2, 0.25) is 0 Å². The number of hydrogen-bond acceptors (Lipinski definition) is 1. The Kier molecular flexibility index (Phi) is 4.78. The highest BCUT2D eigenvalue weighted by Crippen LogP contribution is 2.36. The predicted molar refractivity (Wildman–Crippen MR) is 77.9 cm³/mol. The molecule has 0 amide bonds. The summed E-state index contributed by atoms with van der Waals surface area (Å²) in [6.45, 7) is 0.193. The van der Waals surface area contributed by atoms with Gasteiger partial charge >= 0.3 is 6.18 Å². The number of alkyl halides is 3. The molecule has 1 nitrogen and oxygen atoms in total. The maximum Gasteiger partial charge on any atom is 0.417 e. The van der Waals surface area contributed by atoms with Crippen molar-refractivity contribution in [2.75, 3.05) is 5.32 Å². The average molecular weight is 383 g/mol. The smallest absolute Gasteiger partial charge is 0.381 e. The molecule has 0 saturated carbocycles. The molecule has 1 N–H and O–H groups in total. The van der Waals surface area contributed by atoms with Crippen LogP contribution in [0.3, 0.4) is 0 Å². The number of nitrogens with one attached hydrogen (secondary N) is 1. The van der Waals surface area contributed by atoms with Gasteiger partial charge in [-0.05, 0) is 35.9 Å². The Morgan fingerprint density at radius 3 is 2.43 bits per heavy atom. The molecule has 0 aliphatic carbocycles. The molecule has 2 rings (SSSR count). The number of anilines is 1. The van der Waals surface area contributed by atoms with Crippen LogP contribution in [-0.2, 0) is 12.7 Å².